The highest BCUT2D eigenvalue weighted by Crippen LogP contribution is 2.20. The summed E-state index contributed by atoms with van der Waals surface area (Å²) in [4.78, 5) is 14.7. The molecule has 144 valence electrons. The topological polar surface area (TPSA) is 41.6 Å². The van der Waals surface area contributed by atoms with Crippen LogP contribution in [0.5, 0.6) is 5.75 Å². The molecule has 1 N–H and O–H groups in total. The Bertz CT molecular complexity index is 909. The lowest BCUT2D eigenvalue weighted by atomic mass is 10.1. The minimum Gasteiger partial charge on any atom is -0.489 e. The Morgan fingerprint density at radius 2 is 1.54 bits per heavy atom. The number of urea groups is 1. The number of anilines is 1. The van der Waals surface area contributed by atoms with Crippen molar-refractivity contribution in [1.82, 2.24) is 4.90 Å². The van der Waals surface area contributed by atoms with Crippen molar-refractivity contribution in [3.8, 4) is 5.75 Å². The second-order valence-electron chi connectivity index (χ2n) is 6.63. The van der Waals surface area contributed by atoms with Crippen LogP contribution in [0.15, 0.2) is 78.9 Å². The number of amides is 2. The summed E-state index contributed by atoms with van der Waals surface area (Å²) in [6.07, 6.45) is 0. The van der Waals surface area contributed by atoms with Crippen LogP contribution in [0.3, 0.4) is 0 Å². The Hall–Kier alpha value is -3.27. The summed E-state index contributed by atoms with van der Waals surface area (Å²) in [6.45, 7) is 5.66. The molecule has 0 fully saturated rings. The van der Waals surface area contributed by atoms with E-state index in [0.29, 0.717) is 19.7 Å². The van der Waals surface area contributed by atoms with Gasteiger partial charge in [0.05, 0.1) is 0 Å². The van der Waals surface area contributed by atoms with Gasteiger partial charge in [0.1, 0.15) is 12.4 Å². The molecular formula is C24H26N2O2. The molecule has 3 aromatic carbocycles. The highest BCUT2D eigenvalue weighted by molar-refractivity contribution is 5.90. The molecule has 28 heavy (non-hydrogen) atoms. The molecule has 0 spiro atoms. The third-order valence-electron chi connectivity index (χ3n) is 4.69. The van der Waals surface area contributed by atoms with Crippen LogP contribution in [0.4, 0.5) is 10.5 Å². The van der Waals surface area contributed by atoms with Gasteiger partial charge in [-0.3, -0.25) is 0 Å². The highest BCUT2D eigenvalue weighted by Gasteiger charge is 2.15. The molecule has 0 saturated carbocycles. The van der Waals surface area contributed by atoms with Crippen molar-refractivity contribution < 1.29 is 9.53 Å². The maximum absolute atomic E-state index is 12.9. The smallest absolute Gasteiger partial charge is 0.322 e. The first kappa shape index (κ1) is 19.5. The van der Waals surface area contributed by atoms with Gasteiger partial charge in [-0.2, -0.15) is 0 Å². The molecule has 3 aromatic rings. The van der Waals surface area contributed by atoms with E-state index in [1.807, 2.05) is 73.7 Å². The molecule has 3 rings (SSSR count). The standard InChI is InChI=1S/C24H26N2O2/c1-3-26(17-20-12-8-7-11-19(20)2)24(27)25-23-16-10-9-13-21(23)18-28-22-14-5-4-6-15-22/h4-16H,3,17-18H2,1-2H3,(H,25,27). The number of nitrogens with one attached hydrogen (secondary N) is 1. The van der Waals surface area contributed by atoms with Gasteiger partial charge in [-0.25, -0.2) is 4.79 Å². The van der Waals surface area contributed by atoms with E-state index in [-0.39, 0.29) is 6.03 Å². The average molecular weight is 374 g/mol. The van der Waals surface area contributed by atoms with Gasteiger partial charge in [0.2, 0.25) is 0 Å². The number of aryl methyl sites for hydroxylation is 1. The van der Waals surface area contributed by atoms with Crippen molar-refractivity contribution in [2.45, 2.75) is 27.0 Å². The van der Waals surface area contributed by atoms with E-state index in [9.17, 15) is 4.79 Å². The molecule has 0 aromatic heterocycles. The van der Waals surface area contributed by atoms with Crippen LogP contribution in [0, 0.1) is 6.92 Å². The Labute approximate surface area is 166 Å². The minimum absolute atomic E-state index is 0.113. The van der Waals surface area contributed by atoms with E-state index < -0.39 is 0 Å². The number of nitrogens with zero attached hydrogens (tertiary/aromatic N) is 1. The number of rotatable bonds is 7. The lowest BCUT2D eigenvalue weighted by molar-refractivity contribution is 0.212. The van der Waals surface area contributed by atoms with Gasteiger partial charge in [0.15, 0.2) is 0 Å². The summed E-state index contributed by atoms with van der Waals surface area (Å²) >= 11 is 0. The zero-order chi connectivity index (χ0) is 19.8. The molecule has 0 radical (unpaired) electrons. The highest BCUT2D eigenvalue weighted by atomic mass is 16.5. The van der Waals surface area contributed by atoms with E-state index in [4.69, 9.17) is 4.74 Å². The number of para-hydroxylation sites is 2. The summed E-state index contributed by atoms with van der Waals surface area (Å²) in [5, 5.41) is 3.04. The van der Waals surface area contributed by atoms with E-state index in [2.05, 4.69) is 24.4 Å². The Balaban J connectivity index is 1.68. The van der Waals surface area contributed by atoms with Crippen LogP contribution in [-0.4, -0.2) is 17.5 Å². The second-order valence-corrected chi connectivity index (χ2v) is 6.63. The fourth-order valence-electron chi connectivity index (χ4n) is 2.96. The van der Waals surface area contributed by atoms with Crippen molar-refractivity contribution in [3.05, 3.63) is 95.6 Å². The molecule has 2 amide bonds. The monoisotopic (exact) mass is 374 g/mol. The van der Waals surface area contributed by atoms with Crippen LogP contribution in [0.25, 0.3) is 0 Å². The quantitative estimate of drug-likeness (QED) is 0.582. The fraction of sp³-hybridized carbons (Fsp3) is 0.208. The van der Waals surface area contributed by atoms with Crippen molar-refractivity contribution in [2.75, 3.05) is 11.9 Å². The van der Waals surface area contributed by atoms with Gasteiger partial charge in [0, 0.05) is 24.3 Å². The molecule has 0 atom stereocenters. The predicted octanol–water partition coefficient (Wildman–Crippen LogP) is 5.63. The van der Waals surface area contributed by atoms with Gasteiger partial charge in [-0.1, -0.05) is 60.7 Å². The van der Waals surface area contributed by atoms with Crippen LogP contribution >= 0.6 is 0 Å². The molecule has 0 aliphatic carbocycles. The number of carbonyl (C=O) groups excluding carboxylic acids is 1. The number of benzene rings is 3. The molecule has 0 heterocycles. The zero-order valence-corrected chi connectivity index (χ0v) is 16.4. The van der Waals surface area contributed by atoms with Gasteiger partial charge in [-0.05, 0) is 43.2 Å². The third kappa shape index (κ3) is 5.13. The van der Waals surface area contributed by atoms with Gasteiger partial charge >= 0.3 is 6.03 Å². The summed E-state index contributed by atoms with van der Waals surface area (Å²) in [6, 6.07) is 25.4. The average Bonchev–Trinajstić information content (AvgIpc) is 2.73. The maximum atomic E-state index is 12.9. The maximum Gasteiger partial charge on any atom is 0.322 e. The molecule has 0 bridgehead atoms. The summed E-state index contributed by atoms with van der Waals surface area (Å²) in [7, 11) is 0. The molecule has 0 unspecified atom stereocenters. The SMILES string of the molecule is CCN(Cc1ccccc1C)C(=O)Nc1ccccc1COc1ccccc1. The largest absolute Gasteiger partial charge is 0.489 e. The Kier molecular flexibility index (Phi) is 6.68. The van der Waals surface area contributed by atoms with Gasteiger partial charge < -0.3 is 15.0 Å². The van der Waals surface area contributed by atoms with E-state index in [0.717, 1.165) is 22.6 Å². The van der Waals surface area contributed by atoms with Crippen LogP contribution < -0.4 is 10.1 Å². The molecule has 0 aliphatic rings. The molecule has 0 saturated heterocycles. The van der Waals surface area contributed by atoms with Crippen molar-refractivity contribution in [2.24, 2.45) is 0 Å². The van der Waals surface area contributed by atoms with Crippen molar-refractivity contribution in [1.29, 1.82) is 0 Å². The van der Waals surface area contributed by atoms with E-state index in [1.54, 1.807) is 4.90 Å². The fourth-order valence-corrected chi connectivity index (χ4v) is 2.96. The second kappa shape index (κ2) is 9.60. The summed E-state index contributed by atoms with van der Waals surface area (Å²) < 4.78 is 5.85. The van der Waals surface area contributed by atoms with Crippen molar-refractivity contribution >= 4 is 11.7 Å². The van der Waals surface area contributed by atoms with E-state index >= 15 is 0 Å². The normalized spacial score (nSPS) is 10.4. The van der Waals surface area contributed by atoms with Crippen LogP contribution in [-0.2, 0) is 13.2 Å². The van der Waals surface area contributed by atoms with Crippen LogP contribution in [0.1, 0.15) is 23.6 Å². The molecular weight excluding hydrogens is 348 g/mol. The number of hydrogen-bond acceptors (Lipinski definition) is 2. The lowest BCUT2D eigenvalue weighted by Crippen LogP contribution is -2.34. The first-order valence-electron chi connectivity index (χ1n) is 9.53. The predicted molar refractivity (Wildman–Crippen MR) is 113 cm³/mol. The van der Waals surface area contributed by atoms with Crippen LogP contribution in [0.2, 0.25) is 0 Å². The first-order valence-corrected chi connectivity index (χ1v) is 9.53. The lowest BCUT2D eigenvalue weighted by Gasteiger charge is -2.23. The Morgan fingerprint density at radius 3 is 2.25 bits per heavy atom. The molecule has 0 aliphatic heterocycles. The molecule has 4 nitrogen and oxygen atoms in total. The third-order valence-corrected chi connectivity index (χ3v) is 4.69. The van der Waals surface area contributed by atoms with Crippen molar-refractivity contribution in [3.63, 3.8) is 0 Å². The zero-order valence-electron chi connectivity index (χ0n) is 16.4. The summed E-state index contributed by atoms with van der Waals surface area (Å²) in [5.41, 5.74) is 4.05. The summed E-state index contributed by atoms with van der Waals surface area (Å²) in [5.74, 6) is 0.804. The van der Waals surface area contributed by atoms with E-state index in [1.165, 1.54) is 5.56 Å². The van der Waals surface area contributed by atoms with Gasteiger partial charge in [-0.15, -0.1) is 0 Å². The number of hydrogen-bond donors (Lipinski definition) is 1. The van der Waals surface area contributed by atoms with Gasteiger partial charge in [0.25, 0.3) is 0 Å². The Morgan fingerprint density at radius 1 is 0.893 bits per heavy atom. The number of carbonyl (C=O) groups is 1. The first-order chi connectivity index (χ1) is 13.7. The molecule has 4 heteroatoms. The minimum atomic E-state index is -0.113. The number of ether oxygens (including phenoxy) is 1.